The molecule has 1 amide bonds. The lowest BCUT2D eigenvalue weighted by atomic mass is 10.2. The van der Waals surface area contributed by atoms with Crippen molar-refractivity contribution in [3.63, 3.8) is 0 Å². The summed E-state index contributed by atoms with van der Waals surface area (Å²) in [7, 11) is 0. The highest BCUT2D eigenvalue weighted by molar-refractivity contribution is 7.15. The SMILES string of the molecule is CCCc1nnc(NC(=O)c2cn(Cc3ccccc3)nn2)s1. The van der Waals surface area contributed by atoms with E-state index >= 15 is 0 Å². The Morgan fingerprint density at radius 3 is 2.83 bits per heavy atom. The Morgan fingerprint density at radius 1 is 1.22 bits per heavy atom. The molecule has 0 spiro atoms. The second-order valence-electron chi connectivity index (χ2n) is 4.99. The fraction of sp³-hybridized carbons (Fsp3) is 0.267. The average Bonchev–Trinajstić information content (AvgIpc) is 3.18. The minimum absolute atomic E-state index is 0.258. The third-order valence-corrected chi connectivity index (χ3v) is 4.01. The Hall–Kier alpha value is -2.61. The van der Waals surface area contributed by atoms with Crippen LogP contribution in [0.25, 0.3) is 0 Å². The van der Waals surface area contributed by atoms with Crippen molar-refractivity contribution < 1.29 is 4.79 Å². The van der Waals surface area contributed by atoms with Gasteiger partial charge in [0, 0.05) is 6.42 Å². The van der Waals surface area contributed by atoms with Gasteiger partial charge in [0.2, 0.25) is 5.13 Å². The molecule has 0 aliphatic carbocycles. The molecule has 118 valence electrons. The monoisotopic (exact) mass is 328 g/mol. The maximum absolute atomic E-state index is 12.2. The smallest absolute Gasteiger partial charge is 0.279 e. The number of nitrogens with one attached hydrogen (secondary N) is 1. The summed E-state index contributed by atoms with van der Waals surface area (Å²) in [6, 6.07) is 9.88. The van der Waals surface area contributed by atoms with Gasteiger partial charge in [-0.05, 0) is 12.0 Å². The Balaban J connectivity index is 1.63. The average molecular weight is 328 g/mol. The molecule has 1 N–H and O–H groups in total. The molecule has 0 aliphatic rings. The molecule has 3 aromatic rings. The molecule has 0 fully saturated rings. The highest BCUT2D eigenvalue weighted by Gasteiger charge is 2.13. The van der Waals surface area contributed by atoms with Gasteiger partial charge < -0.3 is 0 Å². The third-order valence-electron chi connectivity index (χ3n) is 3.11. The van der Waals surface area contributed by atoms with Gasteiger partial charge in [0.1, 0.15) is 5.01 Å². The topological polar surface area (TPSA) is 85.6 Å². The summed E-state index contributed by atoms with van der Waals surface area (Å²) in [4.78, 5) is 12.2. The van der Waals surface area contributed by atoms with E-state index in [9.17, 15) is 4.79 Å². The van der Waals surface area contributed by atoms with Crippen molar-refractivity contribution in [1.82, 2.24) is 25.2 Å². The van der Waals surface area contributed by atoms with Crippen LogP contribution < -0.4 is 5.32 Å². The second-order valence-corrected chi connectivity index (χ2v) is 6.05. The highest BCUT2D eigenvalue weighted by atomic mass is 32.1. The zero-order valence-electron chi connectivity index (χ0n) is 12.6. The maximum atomic E-state index is 12.2. The first-order valence-electron chi connectivity index (χ1n) is 7.32. The van der Waals surface area contributed by atoms with E-state index in [4.69, 9.17) is 0 Å². The fourth-order valence-corrected chi connectivity index (χ4v) is 2.87. The molecule has 3 rings (SSSR count). The minimum Gasteiger partial charge on any atom is -0.295 e. The number of aromatic nitrogens is 5. The van der Waals surface area contributed by atoms with Crippen LogP contribution in [0.3, 0.4) is 0 Å². The van der Waals surface area contributed by atoms with Gasteiger partial charge in [0.05, 0.1) is 12.7 Å². The molecule has 23 heavy (non-hydrogen) atoms. The molecule has 1 aromatic carbocycles. The summed E-state index contributed by atoms with van der Waals surface area (Å²) < 4.78 is 1.63. The van der Waals surface area contributed by atoms with Crippen LogP contribution in [0.5, 0.6) is 0 Å². The van der Waals surface area contributed by atoms with E-state index in [1.807, 2.05) is 30.3 Å². The van der Waals surface area contributed by atoms with Gasteiger partial charge in [-0.2, -0.15) is 0 Å². The number of nitrogens with zero attached hydrogens (tertiary/aromatic N) is 5. The van der Waals surface area contributed by atoms with Crippen LogP contribution in [0.4, 0.5) is 5.13 Å². The highest BCUT2D eigenvalue weighted by Crippen LogP contribution is 2.17. The van der Waals surface area contributed by atoms with E-state index in [0.29, 0.717) is 11.7 Å². The van der Waals surface area contributed by atoms with E-state index in [2.05, 4.69) is 32.7 Å². The summed E-state index contributed by atoms with van der Waals surface area (Å²) in [5.74, 6) is -0.330. The number of rotatable bonds is 6. The normalized spacial score (nSPS) is 10.7. The molecule has 0 unspecified atom stereocenters. The number of carbonyl (C=O) groups is 1. The van der Waals surface area contributed by atoms with Crippen LogP contribution in [0.2, 0.25) is 0 Å². The Kier molecular flexibility index (Phi) is 4.72. The lowest BCUT2D eigenvalue weighted by Gasteiger charge is -1.99. The van der Waals surface area contributed by atoms with Crippen LogP contribution >= 0.6 is 11.3 Å². The molecule has 0 radical (unpaired) electrons. The molecular formula is C15H16N6OS. The van der Waals surface area contributed by atoms with Crippen molar-refractivity contribution in [2.75, 3.05) is 5.32 Å². The van der Waals surface area contributed by atoms with E-state index in [0.717, 1.165) is 23.4 Å². The third kappa shape index (κ3) is 3.98. The summed E-state index contributed by atoms with van der Waals surface area (Å²) >= 11 is 1.38. The predicted molar refractivity (Wildman–Crippen MR) is 87.4 cm³/mol. The standard InChI is InChI=1S/C15H16N6OS/c1-2-6-13-18-19-15(23-13)16-14(22)12-10-21(20-17-12)9-11-7-4-3-5-8-11/h3-5,7-8,10H,2,6,9H2,1H3,(H,16,19,22). The number of hydrogen-bond acceptors (Lipinski definition) is 6. The van der Waals surface area contributed by atoms with Crippen molar-refractivity contribution >= 4 is 22.4 Å². The molecule has 2 heterocycles. The molecule has 8 heteroatoms. The van der Waals surface area contributed by atoms with Crippen LogP contribution in [-0.4, -0.2) is 31.1 Å². The van der Waals surface area contributed by atoms with Crippen molar-refractivity contribution in [1.29, 1.82) is 0 Å². The van der Waals surface area contributed by atoms with Crippen molar-refractivity contribution in [2.24, 2.45) is 0 Å². The van der Waals surface area contributed by atoms with Crippen molar-refractivity contribution in [3.8, 4) is 0 Å². The van der Waals surface area contributed by atoms with E-state index < -0.39 is 0 Å². The van der Waals surface area contributed by atoms with Crippen LogP contribution in [0.1, 0.15) is 34.4 Å². The number of benzene rings is 1. The first kappa shape index (κ1) is 15.3. The molecule has 7 nitrogen and oxygen atoms in total. The van der Waals surface area contributed by atoms with Crippen molar-refractivity contribution in [3.05, 3.63) is 52.8 Å². The molecule has 0 atom stereocenters. The van der Waals surface area contributed by atoms with Gasteiger partial charge in [-0.15, -0.1) is 15.3 Å². The summed E-state index contributed by atoms with van der Waals surface area (Å²) in [5.41, 5.74) is 1.35. The zero-order valence-corrected chi connectivity index (χ0v) is 13.5. The first-order chi connectivity index (χ1) is 11.2. The maximum Gasteiger partial charge on any atom is 0.279 e. The summed E-state index contributed by atoms with van der Waals surface area (Å²) in [5, 5.41) is 20.0. The number of carbonyl (C=O) groups excluding carboxylic acids is 1. The van der Waals surface area contributed by atoms with Gasteiger partial charge in [-0.3, -0.25) is 10.1 Å². The van der Waals surface area contributed by atoms with E-state index in [1.165, 1.54) is 11.3 Å². The van der Waals surface area contributed by atoms with E-state index in [1.54, 1.807) is 10.9 Å². The van der Waals surface area contributed by atoms with Crippen LogP contribution in [0.15, 0.2) is 36.5 Å². The van der Waals surface area contributed by atoms with Crippen LogP contribution in [0, 0.1) is 0 Å². The van der Waals surface area contributed by atoms with E-state index in [-0.39, 0.29) is 11.6 Å². The molecule has 0 saturated heterocycles. The van der Waals surface area contributed by atoms with Crippen molar-refractivity contribution in [2.45, 2.75) is 26.3 Å². The Labute approximate surface area is 137 Å². The summed E-state index contributed by atoms with van der Waals surface area (Å²) in [6.45, 7) is 2.64. The molecule has 2 aromatic heterocycles. The first-order valence-corrected chi connectivity index (χ1v) is 8.14. The van der Waals surface area contributed by atoms with Gasteiger partial charge in [0.25, 0.3) is 5.91 Å². The van der Waals surface area contributed by atoms with Gasteiger partial charge in [-0.25, -0.2) is 4.68 Å². The minimum atomic E-state index is -0.330. The Morgan fingerprint density at radius 2 is 2.04 bits per heavy atom. The largest absolute Gasteiger partial charge is 0.295 e. The number of hydrogen-bond donors (Lipinski definition) is 1. The lowest BCUT2D eigenvalue weighted by molar-refractivity contribution is 0.102. The molecule has 0 aliphatic heterocycles. The molecule has 0 bridgehead atoms. The van der Waals surface area contributed by atoms with Gasteiger partial charge >= 0.3 is 0 Å². The quantitative estimate of drug-likeness (QED) is 0.751. The molecular weight excluding hydrogens is 312 g/mol. The van der Waals surface area contributed by atoms with Gasteiger partial charge in [0.15, 0.2) is 5.69 Å². The van der Waals surface area contributed by atoms with Crippen LogP contribution in [-0.2, 0) is 13.0 Å². The Bertz CT molecular complexity index is 782. The second kappa shape index (κ2) is 7.10. The number of anilines is 1. The number of amides is 1. The number of aryl methyl sites for hydroxylation is 1. The lowest BCUT2D eigenvalue weighted by Crippen LogP contribution is -2.12. The zero-order chi connectivity index (χ0) is 16.1. The predicted octanol–water partition coefficient (Wildman–Crippen LogP) is 2.38. The molecule has 0 saturated carbocycles. The summed E-state index contributed by atoms with van der Waals surface area (Å²) in [6.07, 6.45) is 3.48. The fourth-order valence-electron chi connectivity index (χ4n) is 2.03. The van der Waals surface area contributed by atoms with Gasteiger partial charge in [-0.1, -0.05) is 53.8 Å².